The van der Waals surface area contributed by atoms with Crippen molar-refractivity contribution in [1.29, 1.82) is 0 Å². The Morgan fingerprint density at radius 2 is 1.89 bits per heavy atom. The first-order valence-electron chi connectivity index (χ1n) is 5.85. The molecule has 0 unspecified atom stereocenters. The molecule has 0 atom stereocenters. The molecule has 0 bridgehead atoms. The van der Waals surface area contributed by atoms with Crippen molar-refractivity contribution in [3.05, 3.63) is 35.4 Å². The highest BCUT2D eigenvalue weighted by Crippen LogP contribution is 2.30. The molecule has 0 aliphatic heterocycles. The molecule has 1 aliphatic carbocycles. The van der Waals surface area contributed by atoms with E-state index >= 15 is 0 Å². The maximum absolute atomic E-state index is 12.5. The molecule has 2 rings (SSSR count). The number of rotatable bonds is 2. The number of carbonyl (C=O) groups excluding carboxylic acids is 1. The molecule has 1 saturated carbocycles. The van der Waals surface area contributed by atoms with Crippen molar-refractivity contribution >= 4 is 5.97 Å². The van der Waals surface area contributed by atoms with Crippen molar-refractivity contribution < 1.29 is 22.7 Å². The first kappa shape index (κ1) is 12.9. The molecule has 1 aromatic rings. The minimum absolute atomic E-state index is 0.0447. The van der Waals surface area contributed by atoms with Gasteiger partial charge in [0, 0.05) is 0 Å². The molecule has 98 valence electrons. The molecule has 1 aromatic carbocycles. The highest BCUT2D eigenvalue weighted by Gasteiger charge is 2.31. The Kier molecular flexibility index (Phi) is 3.59. The molecule has 18 heavy (non-hydrogen) atoms. The molecular weight excluding hydrogens is 245 g/mol. The molecule has 0 radical (unpaired) electrons. The van der Waals surface area contributed by atoms with Gasteiger partial charge in [0.1, 0.15) is 6.10 Å². The van der Waals surface area contributed by atoms with Crippen LogP contribution in [0.2, 0.25) is 0 Å². The van der Waals surface area contributed by atoms with Crippen molar-refractivity contribution in [3.8, 4) is 0 Å². The maximum Gasteiger partial charge on any atom is 0.416 e. The van der Waals surface area contributed by atoms with Gasteiger partial charge in [0.05, 0.1) is 11.1 Å². The van der Waals surface area contributed by atoms with Crippen LogP contribution in [0.5, 0.6) is 0 Å². The van der Waals surface area contributed by atoms with E-state index in [-0.39, 0.29) is 11.7 Å². The minimum atomic E-state index is -4.44. The molecule has 0 N–H and O–H groups in total. The summed E-state index contributed by atoms with van der Waals surface area (Å²) in [6.45, 7) is 0. The highest BCUT2D eigenvalue weighted by molar-refractivity contribution is 5.89. The van der Waals surface area contributed by atoms with Gasteiger partial charge < -0.3 is 4.74 Å². The lowest BCUT2D eigenvalue weighted by Crippen LogP contribution is -2.15. The first-order chi connectivity index (χ1) is 8.47. The summed E-state index contributed by atoms with van der Waals surface area (Å²) in [5.41, 5.74) is -0.875. The fraction of sp³-hybridized carbons (Fsp3) is 0.462. The van der Waals surface area contributed by atoms with Gasteiger partial charge >= 0.3 is 12.1 Å². The third kappa shape index (κ3) is 3.03. The van der Waals surface area contributed by atoms with Crippen LogP contribution in [0.4, 0.5) is 13.2 Å². The molecule has 0 saturated heterocycles. The predicted molar refractivity (Wildman–Crippen MR) is 59.1 cm³/mol. The largest absolute Gasteiger partial charge is 0.459 e. The van der Waals surface area contributed by atoms with Crippen LogP contribution in [0, 0.1) is 0 Å². The monoisotopic (exact) mass is 258 g/mol. The molecule has 1 aliphatic rings. The Hall–Kier alpha value is -1.52. The highest BCUT2D eigenvalue weighted by atomic mass is 19.4. The number of benzene rings is 1. The van der Waals surface area contributed by atoms with E-state index in [0.717, 1.165) is 37.8 Å². The number of halogens is 3. The smallest absolute Gasteiger partial charge is 0.416 e. The summed E-state index contributed by atoms with van der Waals surface area (Å²) in [7, 11) is 0. The van der Waals surface area contributed by atoms with E-state index in [0.29, 0.717) is 0 Å². The molecular formula is C13H13F3O2. The number of ether oxygens (including phenoxy) is 1. The zero-order chi connectivity index (χ0) is 13.2. The predicted octanol–water partition coefficient (Wildman–Crippen LogP) is 3.80. The summed E-state index contributed by atoms with van der Waals surface area (Å²) in [5.74, 6) is -0.673. The third-order valence-corrected chi connectivity index (χ3v) is 3.00. The van der Waals surface area contributed by atoms with Gasteiger partial charge in [0.15, 0.2) is 0 Å². The lowest BCUT2D eigenvalue weighted by Gasteiger charge is -2.12. The Balaban J connectivity index is 2.10. The molecule has 0 spiro atoms. The second-order valence-electron chi connectivity index (χ2n) is 4.39. The van der Waals surface area contributed by atoms with Gasteiger partial charge in [-0.05, 0) is 43.9 Å². The van der Waals surface area contributed by atoms with E-state index in [9.17, 15) is 18.0 Å². The number of hydrogen-bond acceptors (Lipinski definition) is 2. The van der Waals surface area contributed by atoms with Gasteiger partial charge in [-0.3, -0.25) is 0 Å². The fourth-order valence-electron chi connectivity index (χ4n) is 2.05. The Morgan fingerprint density at radius 1 is 1.22 bits per heavy atom. The van der Waals surface area contributed by atoms with Gasteiger partial charge in [-0.15, -0.1) is 0 Å². The third-order valence-electron chi connectivity index (χ3n) is 3.00. The first-order valence-corrected chi connectivity index (χ1v) is 5.85. The fourth-order valence-corrected chi connectivity index (χ4v) is 2.05. The maximum atomic E-state index is 12.5. The SMILES string of the molecule is O=C(OC1CCCC1)c1cccc(C(F)(F)F)c1. The average molecular weight is 258 g/mol. The average Bonchev–Trinajstić information content (AvgIpc) is 2.81. The van der Waals surface area contributed by atoms with Gasteiger partial charge in [0.25, 0.3) is 0 Å². The minimum Gasteiger partial charge on any atom is -0.459 e. The molecule has 0 heterocycles. The lowest BCUT2D eigenvalue weighted by atomic mass is 10.1. The van der Waals surface area contributed by atoms with Crippen molar-refractivity contribution in [2.45, 2.75) is 38.0 Å². The zero-order valence-electron chi connectivity index (χ0n) is 9.67. The molecule has 0 aromatic heterocycles. The number of esters is 1. The summed E-state index contributed by atoms with van der Waals surface area (Å²) < 4.78 is 42.6. The van der Waals surface area contributed by atoms with Crippen LogP contribution in [0.3, 0.4) is 0 Å². The van der Waals surface area contributed by atoms with Crippen molar-refractivity contribution in [2.75, 3.05) is 0 Å². The molecule has 2 nitrogen and oxygen atoms in total. The van der Waals surface area contributed by atoms with Crippen LogP contribution in [0.15, 0.2) is 24.3 Å². The van der Waals surface area contributed by atoms with E-state index in [4.69, 9.17) is 4.74 Å². The van der Waals surface area contributed by atoms with Gasteiger partial charge in [0.2, 0.25) is 0 Å². The number of hydrogen-bond donors (Lipinski definition) is 0. The lowest BCUT2D eigenvalue weighted by molar-refractivity contribution is -0.137. The second kappa shape index (κ2) is 5.00. The van der Waals surface area contributed by atoms with E-state index in [1.165, 1.54) is 12.1 Å². The summed E-state index contributed by atoms with van der Waals surface area (Å²) in [6.07, 6.45) is -0.993. The Bertz CT molecular complexity index is 434. The zero-order valence-corrected chi connectivity index (χ0v) is 9.67. The quantitative estimate of drug-likeness (QED) is 0.754. The molecule has 0 amide bonds. The van der Waals surface area contributed by atoms with Crippen molar-refractivity contribution in [2.24, 2.45) is 0 Å². The van der Waals surface area contributed by atoms with Crippen LogP contribution in [0.1, 0.15) is 41.6 Å². The summed E-state index contributed by atoms with van der Waals surface area (Å²) in [6, 6.07) is 4.32. The van der Waals surface area contributed by atoms with E-state index in [2.05, 4.69) is 0 Å². The summed E-state index contributed by atoms with van der Waals surface area (Å²) in [4.78, 5) is 11.7. The standard InChI is InChI=1S/C13H13F3O2/c14-13(15,16)10-5-3-4-9(8-10)12(17)18-11-6-1-2-7-11/h3-5,8,11H,1-2,6-7H2. The van der Waals surface area contributed by atoms with E-state index < -0.39 is 17.7 Å². The summed E-state index contributed by atoms with van der Waals surface area (Å²) >= 11 is 0. The van der Waals surface area contributed by atoms with Crippen LogP contribution in [-0.4, -0.2) is 12.1 Å². The topological polar surface area (TPSA) is 26.3 Å². The number of alkyl halides is 3. The Morgan fingerprint density at radius 3 is 2.50 bits per heavy atom. The normalized spacial score (nSPS) is 16.8. The van der Waals surface area contributed by atoms with Crippen LogP contribution in [0.25, 0.3) is 0 Å². The Labute approximate surface area is 103 Å². The second-order valence-corrected chi connectivity index (χ2v) is 4.39. The summed E-state index contributed by atoms with van der Waals surface area (Å²) in [5, 5.41) is 0. The van der Waals surface area contributed by atoms with E-state index in [1.807, 2.05) is 0 Å². The van der Waals surface area contributed by atoms with Crippen molar-refractivity contribution in [1.82, 2.24) is 0 Å². The van der Waals surface area contributed by atoms with Crippen LogP contribution < -0.4 is 0 Å². The van der Waals surface area contributed by atoms with Gasteiger partial charge in [-0.25, -0.2) is 4.79 Å². The van der Waals surface area contributed by atoms with Crippen molar-refractivity contribution in [3.63, 3.8) is 0 Å². The van der Waals surface area contributed by atoms with Crippen LogP contribution >= 0.6 is 0 Å². The van der Waals surface area contributed by atoms with Gasteiger partial charge in [-0.1, -0.05) is 6.07 Å². The van der Waals surface area contributed by atoms with Gasteiger partial charge in [-0.2, -0.15) is 13.2 Å². The number of carbonyl (C=O) groups is 1. The molecule has 5 heteroatoms. The molecule has 1 fully saturated rings. The van der Waals surface area contributed by atoms with Crippen LogP contribution in [-0.2, 0) is 10.9 Å². The van der Waals surface area contributed by atoms with E-state index in [1.54, 1.807) is 0 Å².